The molecule has 0 saturated heterocycles. The lowest BCUT2D eigenvalue weighted by molar-refractivity contribution is -0.153. The van der Waals surface area contributed by atoms with E-state index in [-0.39, 0.29) is 6.61 Å². The molecule has 0 fully saturated rings. The first kappa shape index (κ1) is 16.1. The average molecular weight is 359 g/mol. The third-order valence-electron chi connectivity index (χ3n) is 3.27. The zero-order valence-electron chi connectivity index (χ0n) is 12.1. The molecule has 21 heavy (non-hydrogen) atoms. The second kappa shape index (κ2) is 7.13. The fraction of sp³-hybridized carbons (Fsp3) is 0.533. The molecule has 1 aliphatic heterocycles. The van der Waals surface area contributed by atoms with Crippen LogP contribution in [-0.4, -0.2) is 30.9 Å². The minimum atomic E-state index is -1.34. The largest absolute Gasteiger partial charge is 0.490 e. The van der Waals surface area contributed by atoms with E-state index in [1.54, 1.807) is 13.0 Å². The van der Waals surface area contributed by atoms with Gasteiger partial charge < -0.3 is 19.3 Å². The van der Waals surface area contributed by atoms with E-state index in [2.05, 4.69) is 15.9 Å². The molecule has 0 bridgehead atoms. The molecule has 0 radical (unpaired) electrons. The van der Waals surface area contributed by atoms with Gasteiger partial charge in [0.15, 0.2) is 17.6 Å². The average Bonchev–Trinajstić information content (AvgIpc) is 2.70. The van der Waals surface area contributed by atoms with E-state index in [0.29, 0.717) is 41.2 Å². The lowest BCUT2D eigenvalue weighted by Gasteiger charge is -2.20. The molecule has 0 aromatic heterocycles. The molecule has 1 atom stereocenters. The van der Waals surface area contributed by atoms with E-state index < -0.39 is 12.1 Å². The van der Waals surface area contributed by atoms with Crippen molar-refractivity contribution in [2.75, 3.05) is 19.8 Å². The number of hydrogen-bond acceptors (Lipinski definition) is 5. The second-order valence-electron chi connectivity index (χ2n) is 4.64. The first-order valence-corrected chi connectivity index (χ1v) is 7.85. The summed E-state index contributed by atoms with van der Waals surface area (Å²) in [6, 6.07) is 1.73. The molecular weight excluding hydrogens is 340 g/mol. The Hall–Kier alpha value is -1.27. The van der Waals surface area contributed by atoms with Crippen LogP contribution in [0.2, 0.25) is 0 Å². The van der Waals surface area contributed by atoms with Gasteiger partial charge in [0.2, 0.25) is 0 Å². The molecule has 5 nitrogen and oxygen atoms in total. The fourth-order valence-electron chi connectivity index (χ4n) is 2.34. The number of aliphatic hydroxyl groups is 1. The van der Waals surface area contributed by atoms with Gasteiger partial charge in [0, 0.05) is 22.0 Å². The number of benzene rings is 1. The Balaban J connectivity index is 2.50. The van der Waals surface area contributed by atoms with Crippen molar-refractivity contribution in [2.45, 2.75) is 32.8 Å². The summed E-state index contributed by atoms with van der Waals surface area (Å²) in [5.41, 5.74) is 1.25. The van der Waals surface area contributed by atoms with Gasteiger partial charge in [-0.05, 0) is 19.4 Å². The number of carbonyl (C=O) groups excluding carboxylic acids is 1. The summed E-state index contributed by atoms with van der Waals surface area (Å²) in [6.45, 7) is 5.00. The number of hydrogen-bond donors (Lipinski definition) is 1. The van der Waals surface area contributed by atoms with E-state index in [0.717, 1.165) is 12.0 Å². The Morgan fingerprint density at radius 1 is 1.43 bits per heavy atom. The highest BCUT2D eigenvalue weighted by atomic mass is 79.9. The first-order chi connectivity index (χ1) is 10.1. The van der Waals surface area contributed by atoms with Crippen LogP contribution >= 0.6 is 15.9 Å². The van der Waals surface area contributed by atoms with E-state index in [4.69, 9.17) is 14.2 Å². The number of rotatable bonds is 4. The van der Waals surface area contributed by atoms with Crippen LogP contribution in [0.4, 0.5) is 0 Å². The summed E-state index contributed by atoms with van der Waals surface area (Å²) in [5, 5.41) is 10.3. The Labute approximate surface area is 132 Å². The third kappa shape index (κ3) is 3.32. The maximum atomic E-state index is 11.8. The highest BCUT2D eigenvalue weighted by molar-refractivity contribution is 9.10. The number of fused-ring (bicyclic) bond motifs is 1. The summed E-state index contributed by atoms with van der Waals surface area (Å²) in [4.78, 5) is 11.8. The van der Waals surface area contributed by atoms with E-state index in [9.17, 15) is 9.90 Å². The molecule has 1 unspecified atom stereocenters. The quantitative estimate of drug-likeness (QED) is 0.838. The summed E-state index contributed by atoms with van der Waals surface area (Å²) in [5.74, 6) is 0.579. The van der Waals surface area contributed by atoms with Gasteiger partial charge in [-0.2, -0.15) is 0 Å². The van der Waals surface area contributed by atoms with Crippen LogP contribution in [0, 0.1) is 0 Å². The van der Waals surface area contributed by atoms with Crippen LogP contribution in [-0.2, 0) is 16.0 Å². The van der Waals surface area contributed by atoms with Gasteiger partial charge in [0.05, 0.1) is 19.8 Å². The van der Waals surface area contributed by atoms with Crippen molar-refractivity contribution in [1.29, 1.82) is 0 Å². The van der Waals surface area contributed by atoms with Gasteiger partial charge in [-0.3, -0.25) is 0 Å². The Morgan fingerprint density at radius 2 is 2.14 bits per heavy atom. The summed E-state index contributed by atoms with van der Waals surface area (Å²) < 4.78 is 16.9. The highest BCUT2D eigenvalue weighted by Gasteiger charge is 2.28. The van der Waals surface area contributed by atoms with Gasteiger partial charge in [0.25, 0.3) is 0 Å². The second-order valence-corrected chi connectivity index (χ2v) is 5.49. The van der Waals surface area contributed by atoms with Crippen LogP contribution in [0.25, 0.3) is 0 Å². The van der Waals surface area contributed by atoms with Crippen molar-refractivity contribution in [3.8, 4) is 11.5 Å². The number of esters is 1. The number of aliphatic hydroxyl groups excluding tert-OH is 1. The minimum Gasteiger partial charge on any atom is -0.490 e. The number of halogens is 1. The molecule has 1 N–H and O–H groups in total. The monoisotopic (exact) mass is 358 g/mol. The first-order valence-electron chi connectivity index (χ1n) is 7.05. The lowest BCUT2D eigenvalue weighted by Crippen LogP contribution is -2.18. The van der Waals surface area contributed by atoms with Crippen molar-refractivity contribution in [2.24, 2.45) is 0 Å². The molecule has 0 saturated carbocycles. The Kier molecular flexibility index (Phi) is 5.47. The van der Waals surface area contributed by atoms with Crippen LogP contribution < -0.4 is 9.47 Å². The lowest BCUT2D eigenvalue weighted by atomic mass is 9.98. The van der Waals surface area contributed by atoms with Gasteiger partial charge >= 0.3 is 5.97 Å². The maximum Gasteiger partial charge on any atom is 0.339 e. The zero-order valence-corrected chi connectivity index (χ0v) is 13.7. The maximum absolute atomic E-state index is 11.8. The zero-order chi connectivity index (χ0) is 15.4. The molecule has 0 aliphatic carbocycles. The summed E-state index contributed by atoms with van der Waals surface area (Å²) in [6.07, 6.45) is 0.0636. The molecule has 6 heteroatoms. The van der Waals surface area contributed by atoms with Crippen molar-refractivity contribution >= 4 is 21.9 Å². The van der Waals surface area contributed by atoms with Crippen molar-refractivity contribution in [3.05, 3.63) is 21.7 Å². The summed E-state index contributed by atoms with van der Waals surface area (Å²) in [7, 11) is 0. The molecule has 1 aliphatic rings. The predicted octanol–water partition coefficient (Wildman–Crippen LogP) is 2.77. The standard InChI is InChI=1S/C15H19BrO5/c1-3-9-12(13(17)15(18)19-4-2)10(16)8-11-14(9)21-7-5-6-20-11/h8,13,17H,3-7H2,1-2H3. The molecule has 1 aromatic rings. The van der Waals surface area contributed by atoms with Gasteiger partial charge in [-0.25, -0.2) is 4.79 Å². The van der Waals surface area contributed by atoms with Crippen molar-refractivity contribution in [3.63, 3.8) is 0 Å². The van der Waals surface area contributed by atoms with Crippen LogP contribution in [0.15, 0.2) is 10.5 Å². The van der Waals surface area contributed by atoms with Crippen LogP contribution in [0.3, 0.4) is 0 Å². The van der Waals surface area contributed by atoms with Crippen LogP contribution in [0.1, 0.15) is 37.5 Å². The third-order valence-corrected chi connectivity index (χ3v) is 3.92. The molecule has 1 heterocycles. The molecule has 116 valence electrons. The SMILES string of the molecule is CCOC(=O)C(O)c1c(Br)cc2c(c1CC)OCCCO2. The van der Waals surface area contributed by atoms with E-state index in [1.807, 2.05) is 6.92 Å². The van der Waals surface area contributed by atoms with Crippen molar-refractivity contribution < 1.29 is 24.1 Å². The fourth-order valence-corrected chi connectivity index (χ4v) is 3.00. The molecule has 0 amide bonds. The highest BCUT2D eigenvalue weighted by Crippen LogP contribution is 2.42. The van der Waals surface area contributed by atoms with Crippen LogP contribution in [0.5, 0.6) is 11.5 Å². The number of ether oxygens (including phenoxy) is 3. The minimum absolute atomic E-state index is 0.222. The number of carbonyl (C=O) groups is 1. The Morgan fingerprint density at radius 3 is 2.81 bits per heavy atom. The van der Waals surface area contributed by atoms with E-state index >= 15 is 0 Å². The molecule has 1 aromatic carbocycles. The summed E-state index contributed by atoms with van der Waals surface area (Å²) >= 11 is 3.41. The normalized spacial score (nSPS) is 15.2. The Bertz CT molecular complexity index is 529. The van der Waals surface area contributed by atoms with Gasteiger partial charge in [-0.15, -0.1) is 0 Å². The van der Waals surface area contributed by atoms with Crippen molar-refractivity contribution in [1.82, 2.24) is 0 Å². The van der Waals surface area contributed by atoms with Gasteiger partial charge in [0.1, 0.15) is 0 Å². The predicted molar refractivity (Wildman–Crippen MR) is 80.7 cm³/mol. The molecule has 0 spiro atoms. The van der Waals surface area contributed by atoms with E-state index in [1.165, 1.54) is 0 Å². The molecule has 2 rings (SSSR count). The topological polar surface area (TPSA) is 65.0 Å². The molecular formula is C15H19BrO5. The van der Waals surface area contributed by atoms with Gasteiger partial charge in [-0.1, -0.05) is 22.9 Å². The smallest absolute Gasteiger partial charge is 0.339 e.